The fraction of sp³-hybridized carbons (Fsp3) is 0.286. The molecule has 3 amide bonds. The van der Waals surface area contributed by atoms with Gasteiger partial charge in [-0.15, -0.1) is 0 Å². The summed E-state index contributed by atoms with van der Waals surface area (Å²) in [6.45, 7) is 3.66. The number of halogens is 1. The van der Waals surface area contributed by atoms with Crippen molar-refractivity contribution in [2.24, 2.45) is 10.3 Å². The van der Waals surface area contributed by atoms with Gasteiger partial charge in [0.15, 0.2) is 12.1 Å². The normalized spacial score (nSPS) is 19.7. The summed E-state index contributed by atoms with van der Waals surface area (Å²) in [4.78, 5) is 39.4. The van der Waals surface area contributed by atoms with Crippen LogP contribution in [0, 0.1) is 13.8 Å². The summed E-state index contributed by atoms with van der Waals surface area (Å²) in [5.41, 5.74) is 2.99. The third-order valence-electron chi connectivity index (χ3n) is 5.06. The first kappa shape index (κ1) is 20.8. The minimum absolute atomic E-state index is 0.214. The topological polar surface area (TPSA) is 104 Å². The van der Waals surface area contributed by atoms with Crippen LogP contribution in [0.2, 0.25) is 5.02 Å². The SMILES string of the molecule is COc1ccc(N2C(=O)[C@H]3N=NN(CC(=O)Nc4cc(C)cc(C)c4)[C@@H]3C2=O)cc1Cl. The zero-order valence-corrected chi connectivity index (χ0v) is 17.9. The standard InChI is InChI=1S/C21H20ClN5O4/c1-11-6-12(2)8-13(7-11)23-17(28)10-26-19-18(24-25-26)20(29)27(21(19)30)14-4-5-16(31-3)15(22)9-14/h4-9,18-19H,10H2,1-3H3,(H,23,28)/t18-,19-/m0/s1. The zero-order valence-electron chi connectivity index (χ0n) is 17.1. The summed E-state index contributed by atoms with van der Waals surface area (Å²) in [5.74, 6) is -0.970. The predicted octanol–water partition coefficient (Wildman–Crippen LogP) is 2.90. The summed E-state index contributed by atoms with van der Waals surface area (Å²) < 4.78 is 5.11. The molecule has 0 radical (unpaired) electrons. The Hall–Kier alpha value is -3.46. The minimum Gasteiger partial charge on any atom is -0.495 e. The number of ether oxygens (including phenoxy) is 1. The highest BCUT2D eigenvalue weighted by molar-refractivity contribution is 6.33. The molecule has 0 aliphatic carbocycles. The van der Waals surface area contributed by atoms with E-state index in [4.69, 9.17) is 16.3 Å². The van der Waals surface area contributed by atoms with Crippen molar-refractivity contribution in [3.63, 3.8) is 0 Å². The fourth-order valence-corrected chi connectivity index (χ4v) is 4.05. The van der Waals surface area contributed by atoms with Gasteiger partial charge in [-0.3, -0.25) is 19.4 Å². The van der Waals surface area contributed by atoms with Crippen molar-refractivity contribution >= 4 is 40.7 Å². The molecular formula is C21H20ClN5O4. The number of carbonyl (C=O) groups is 3. The van der Waals surface area contributed by atoms with Gasteiger partial charge in [-0.25, -0.2) is 4.90 Å². The van der Waals surface area contributed by atoms with Crippen molar-refractivity contribution in [1.29, 1.82) is 0 Å². The van der Waals surface area contributed by atoms with Crippen molar-refractivity contribution in [3.8, 4) is 5.75 Å². The van der Waals surface area contributed by atoms with Gasteiger partial charge in [0.05, 0.1) is 17.8 Å². The molecule has 0 aromatic heterocycles. The Balaban J connectivity index is 1.50. The van der Waals surface area contributed by atoms with Crippen LogP contribution in [0.25, 0.3) is 0 Å². The van der Waals surface area contributed by atoms with Crippen LogP contribution in [0.4, 0.5) is 11.4 Å². The smallest absolute Gasteiger partial charge is 0.263 e. The van der Waals surface area contributed by atoms with Gasteiger partial charge in [-0.2, -0.15) is 5.11 Å². The van der Waals surface area contributed by atoms with E-state index in [9.17, 15) is 14.4 Å². The largest absolute Gasteiger partial charge is 0.495 e. The Bertz CT molecular complexity index is 1100. The number of aryl methyl sites for hydroxylation is 2. The van der Waals surface area contributed by atoms with E-state index in [1.807, 2.05) is 32.0 Å². The molecule has 31 heavy (non-hydrogen) atoms. The molecule has 2 heterocycles. The number of methoxy groups -OCH3 is 1. The number of carbonyl (C=O) groups excluding carboxylic acids is 3. The van der Waals surface area contributed by atoms with E-state index < -0.39 is 23.9 Å². The molecule has 0 bridgehead atoms. The number of benzene rings is 2. The summed E-state index contributed by atoms with van der Waals surface area (Å²) in [6, 6.07) is 8.33. The number of rotatable bonds is 5. The Kier molecular flexibility index (Phi) is 5.36. The lowest BCUT2D eigenvalue weighted by Crippen LogP contribution is -2.43. The highest BCUT2D eigenvalue weighted by Gasteiger charge is 2.55. The quantitative estimate of drug-likeness (QED) is 0.718. The molecule has 2 atom stereocenters. The number of imide groups is 1. The van der Waals surface area contributed by atoms with E-state index in [0.717, 1.165) is 16.0 Å². The van der Waals surface area contributed by atoms with Crippen LogP contribution >= 0.6 is 11.6 Å². The first-order chi connectivity index (χ1) is 14.8. The predicted molar refractivity (Wildman–Crippen MR) is 114 cm³/mol. The Labute approximate surface area is 183 Å². The van der Waals surface area contributed by atoms with Crippen molar-refractivity contribution in [2.75, 3.05) is 23.9 Å². The second-order valence-corrected chi connectivity index (χ2v) is 7.85. The molecule has 2 aromatic rings. The van der Waals surface area contributed by atoms with Gasteiger partial charge in [0.25, 0.3) is 11.8 Å². The van der Waals surface area contributed by atoms with Gasteiger partial charge >= 0.3 is 0 Å². The lowest BCUT2D eigenvalue weighted by molar-refractivity contribution is -0.123. The van der Waals surface area contributed by atoms with Crippen molar-refractivity contribution in [2.45, 2.75) is 25.9 Å². The summed E-state index contributed by atoms with van der Waals surface area (Å²) in [7, 11) is 1.47. The molecule has 0 spiro atoms. The second kappa shape index (κ2) is 7.99. The molecule has 2 aliphatic heterocycles. The van der Waals surface area contributed by atoms with Gasteiger partial charge in [-0.1, -0.05) is 22.9 Å². The molecule has 0 saturated carbocycles. The number of nitrogens with zero attached hydrogens (tertiary/aromatic N) is 4. The van der Waals surface area contributed by atoms with Crippen molar-refractivity contribution in [1.82, 2.24) is 5.01 Å². The fourth-order valence-electron chi connectivity index (χ4n) is 3.80. The van der Waals surface area contributed by atoms with Gasteiger partial charge in [0.1, 0.15) is 12.3 Å². The van der Waals surface area contributed by atoms with Gasteiger partial charge in [0.2, 0.25) is 5.91 Å². The Morgan fingerprint density at radius 3 is 2.48 bits per heavy atom. The van der Waals surface area contributed by atoms with Crippen LogP contribution in [0.15, 0.2) is 46.7 Å². The van der Waals surface area contributed by atoms with E-state index in [0.29, 0.717) is 17.1 Å². The van der Waals surface area contributed by atoms with Crippen LogP contribution in [-0.2, 0) is 14.4 Å². The summed E-state index contributed by atoms with van der Waals surface area (Å²) in [5, 5.41) is 12.1. The van der Waals surface area contributed by atoms with Crippen LogP contribution < -0.4 is 15.0 Å². The molecule has 9 nitrogen and oxygen atoms in total. The molecule has 10 heteroatoms. The maximum absolute atomic E-state index is 13.0. The number of nitrogens with one attached hydrogen (secondary N) is 1. The first-order valence-electron chi connectivity index (χ1n) is 9.55. The molecule has 4 rings (SSSR count). The van der Waals surface area contributed by atoms with Crippen LogP contribution in [0.5, 0.6) is 5.75 Å². The van der Waals surface area contributed by atoms with Gasteiger partial charge < -0.3 is 10.1 Å². The first-order valence-corrected chi connectivity index (χ1v) is 9.93. The van der Waals surface area contributed by atoms with E-state index in [-0.39, 0.29) is 17.5 Å². The van der Waals surface area contributed by atoms with Crippen molar-refractivity contribution < 1.29 is 19.1 Å². The van der Waals surface area contributed by atoms with E-state index in [2.05, 4.69) is 15.7 Å². The van der Waals surface area contributed by atoms with Crippen molar-refractivity contribution in [3.05, 3.63) is 52.5 Å². The maximum atomic E-state index is 13.0. The zero-order chi connectivity index (χ0) is 22.3. The molecule has 2 aromatic carbocycles. The lowest BCUT2D eigenvalue weighted by Gasteiger charge is -2.20. The molecule has 1 saturated heterocycles. The van der Waals surface area contributed by atoms with E-state index >= 15 is 0 Å². The van der Waals surface area contributed by atoms with E-state index in [1.54, 1.807) is 12.1 Å². The Morgan fingerprint density at radius 2 is 1.84 bits per heavy atom. The third-order valence-corrected chi connectivity index (χ3v) is 5.36. The second-order valence-electron chi connectivity index (χ2n) is 7.45. The molecule has 2 aliphatic rings. The third kappa shape index (κ3) is 3.84. The Morgan fingerprint density at radius 1 is 1.13 bits per heavy atom. The number of fused-ring (bicyclic) bond motifs is 1. The molecule has 1 fully saturated rings. The summed E-state index contributed by atoms with van der Waals surface area (Å²) >= 11 is 6.14. The molecular weight excluding hydrogens is 422 g/mol. The highest BCUT2D eigenvalue weighted by Crippen LogP contribution is 2.35. The van der Waals surface area contributed by atoms with Crippen LogP contribution in [-0.4, -0.2) is 48.5 Å². The molecule has 0 unspecified atom stereocenters. The van der Waals surface area contributed by atoms with Crippen LogP contribution in [0.3, 0.4) is 0 Å². The average Bonchev–Trinajstić information content (AvgIpc) is 3.20. The number of amides is 3. The average molecular weight is 442 g/mol. The molecule has 1 N–H and O–H groups in total. The number of hydrogen-bond acceptors (Lipinski definition) is 7. The molecule has 160 valence electrons. The number of hydrogen-bond donors (Lipinski definition) is 1. The monoisotopic (exact) mass is 441 g/mol. The van der Waals surface area contributed by atoms with Crippen LogP contribution in [0.1, 0.15) is 11.1 Å². The lowest BCUT2D eigenvalue weighted by atomic mass is 10.1. The minimum atomic E-state index is -0.998. The summed E-state index contributed by atoms with van der Waals surface area (Å²) in [6.07, 6.45) is 0. The van der Waals surface area contributed by atoms with E-state index in [1.165, 1.54) is 18.2 Å². The maximum Gasteiger partial charge on any atom is 0.263 e. The van der Waals surface area contributed by atoms with Gasteiger partial charge in [0, 0.05) is 5.69 Å². The number of anilines is 2. The highest BCUT2D eigenvalue weighted by atomic mass is 35.5. The van der Waals surface area contributed by atoms with Gasteiger partial charge in [-0.05, 0) is 55.3 Å².